The van der Waals surface area contributed by atoms with Crippen LogP contribution < -0.4 is 0 Å². The molecule has 0 atom stereocenters. The Morgan fingerprint density at radius 3 is 2.56 bits per heavy atom. The number of hydrogen-bond donors (Lipinski definition) is 0. The number of imidazole rings is 1. The van der Waals surface area contributed by atoms with Crippen LogP contribution in [0, 0.1) is 0 Å². The van der Waals surface area contributed by atoms with E-state index < -0.39 is 6.55 Å². The minimum absolute atomic E-state index is 0.289. The largest absolute Gasteiger partial charge is 0.320 e. The van der Waals surface area contributed by atoms with E-state index in [1.54, 1.807) is 0 Å². The highest BCUT2D eigenvalue weighted by Gasteiger charge is 2.06. The van der Waals surface area contributed by atoms with Gasteiger partial charge in [0.1, 0.15) is 10.9 Å². The summed E-state index contributed by atoms with van der Waals surface area (Å²) in [6.07, 6.45) is 2.38. The second kappa shape index (κ2) is 2.43. The summed E-state index contributed by atoms with van der Waals surface area (Å²) in [4.78, 5) is 3.48. The van der Waals surface area contributed by atoms with E-state index in [2.05, 4.69) is 20.9 Å². The standard InChI is InChI=1S/C4H3BrF2N2/c5-3-1-8-2-9(3)4(6)7/h1-2,4H. The van der Waals surface area contributed by atoms with E-state index in [-0.39, 0.29) is 4.60 Å². The van der Waals surface area contributed by atoms with Gasteiger partial charge >= 0.3 is 6.55 Å². The van der Waals surface area contributed by atoms with Gasteiger partial charge in [0.15, 0.2) is 0 Å². The normalized spacial score (nSPS) is 10.7. The number of hydrogen-bond acceptors (Lipinski definition) is 1. The lowest BCUT2D eigenvalue weighted by Crippen LogP contribution is -1.94. The van der Waals surface area contributed by atoms with Crippen molar-refractivity contribution in [2.75, 3.05) is 0 Å². The summed E-state index contributed by atoms with van der Waals surface area (Å²) in [7, 11) is 0. The summed E-state index contributed by atoms with van der Waals surface area (Å²) < 4.78 is 24.5. The third kappa shape index (κ3) is 1.27. The van der Waals surface area contributed by atoms with Crippen molar-refractivity contribution in [3.8, 4) is 0 Å². The Morgan fingerprint density at radius 1 is 1.67 bits per heavy atom. The molecule has 0 saturated carbocycles. The van der Waals surface area contributed by atoms with E-state index in [1.807, 2.05) is 0 Å². The zero-order valence-corrected chi connectivity index (χ0v) is 5.85. The average molecular weight is 197 g/mol. The Balaban J connectivity index is 2.94. The molecule has 0 aliphatic carbocycles. The van der Waals surface area contributed by atoms with Gasteiger partial charge in [0.2, 0.25) is 0 Å². The molecule has 50 valence electrons. The molecule has 0 spiro atoms. The Hall–Kier alpha value is -0.450. The van der Waals surface area contributed by atoms with Gasteiger partial charge in [0.05, 0.1) is 6.20 Å². The maximum Gasteiger partial charge on any atom is 0.320 e. The second-order valence-electron chi connectivity index (χ2n) is 1.40. The Labute approximate surface area is 58.6 Å². The minimum Gasteiger partial charge on any atom is -0.267 e. The molecule has 5 heteroatoms. The molecule has 9 heavy (non-hydrogen) atoms. The van der Waals surface area contributed by atoms with Crippen molar-refractivity contribution in [2.24, 2.45) is 0 Å². The van der Waals surface area contributed by atoms with Crippen LogP contribution in [0.15, 0.2) is 17.1 Å². The lowest BCUT2D eigenvalue weighted by atomic mass is 10.9. The average Bonchev–Trinajstić information content (AvgIpc) is 2.13. The van der Waals surface area contributed by atoms with Crippen LogP contribution in [0.1, 0.15) is 6.55 Å². The maximum absolute atomic E-state index is 11.8. The molecule has 1 heterocycles. The van der Waals surface area contributed by atoms with Crippen molar-refractivity contribution in [2.45, 2.75) is 6.55 Å². The van der Waals surface area contributed by atoms with Crippen LogP contribution in [-0.4, -0.2) is 9.55 Å². The zero-order valence-electron chi connectivity index (χ0n) is 4.26. The molecule has 0 aliphatic rings. The van der Waals surface area contributed by atoms with E-state index >= 15 is 0 Å². The number of nitrogens with zero attached hydrogens (tertiary/aromatic N) is 2. The summed E-state index contributed by atoms with van der Waals surface area (Å²) in [5.74, 6) is 0. The van der Waals surface area contributed by atoms with Crippen LogP contribution >= 0.6 is 15.9 Å². The summed E-state index contributed by atoms with van der Waals surface area (Å²) in [6, 6.07) is 0. The lowest BCUT2D eigenvalue weighted by Gasteiger charge is -1.98. The van der Waals surface area contributed by atoms with Gasteiger partial charge in [0, 0.05) is 0 Å². The van der Waals surface area contributed by atoms with E-state index in [0.29, 0.717) is 0 Å². The summed E-state index contributed by atoms with van der Waals surface area (Å²) in [5, 5.41) is 0. The molecule has 0 amide bonds. The predicted octanol–water partition coefficient (Wildman–Crippen LogP) is 2.04. The molecule has 1 aromatic heterocycles. The van der Waals surface area contributed by atoms with Crippen LogP contribution in [0.5, 0.6) is 0 Å². The zero-order chi connectivity index (χ0) is 6.85. The van der Waals surface area contributed by atoms with E-state index in [0.717, 1.165) is 10.9 Å². The topological polar surface area (TPSA) is 17.8 Å². The van der Waals surface area contributed by atoms with Gasteiger partial charge in [0.25, 0.3) is 0 Å². The van der Waals surface area contributed by atoms with Crippen LogP contribution in [0.3, 0.4) is 0 Å². The molecule has 1 rings (SSSR count). The van der Waals surface area contributed by atoms with Crippen molar-refractivity contribution in [1.29, 1.82) is 0 Å². The molecule has 0 fully saturated rings. The number of halogens is 3. The van der Waals surface area contributed by atoms with E-state index in [9.17, 15) is 8.78 Å². The fraction of sp³-hybridized carbons (Fsp3) is 0.250. The molecule has 0 bridgehead atoms. The fourth-order valence-electron chi connectivity index (χ4n) is 0.432. The predicted molar refractivity (Wildman–Crippen MR) is 31.2 cm³/mol. The third-order valence-corrected chi connectivity index (χ3v) is 1.44. The summed E-state index contributed by atoms with van der Waals surface area (Å²) >= 11 is 2.89. The van der Waals surface area contributed by atoms with Crippen LogP contribution in [0.25, 0.3) is 0 Å². The second-order valence-corrected chi connectivity index (χ2v) is 2.21. The van der Waals surface area contributed by atoms with E-state index in [4.69, 9.17) is 0 Å². The Morgan fingerprint density at radius 2 is 2.33 bits per heavy atom. The van der Waals surface area contributed by atoms with Crippen molar-refractivity contribution in [3.63, 3.8) is 0 Å². The highest BCUT2D eigenvalue weighted by atomic mass is 79.9. The van der Waals surface area contributed by atoms with Crippen molar-refractivity contribution < 1.29 is 8.78 Å². The monoisotopic (exact) mass is 196 g/mol. The number of rotatable bonds is 1. The maximum atomic E-state index is 11.8. The lowest BCUT2D eigenvalue weighted by molar-refractivity contribution is 0.0679. The van der Waals surface area contributed by atoms with E-state index in [1.165, 1.54) is 6.20 Å². The third-order valence-electron chi connectivity index (χ3n) is 0.829. The molecule has 0 aromatic carbocycles. The molecule has 0 aliphatic heterocycles. The van der Waals surface area contributed by atoms with Crippen LogP contribution in [-0.2, 0) is 0 Å². The highest BCUT2D eigenvalue weighted by Crippen LogP contribution is 2.16. The quantitative estimate of drug-likeness (QED) is 0.673. The van der Waals surface area contributed by atoms with Crippen LogP contribution in [0.2, 0.25) is 0 Å². The first-order chi connectivity index (χ1) is 4.22. The fourth-order valence-corrected chi connectivity index (χ4v) is 0.797. The number of alkyl halides is 2. The van der Waals surface area contributed by atoms with Gasteiger partial charge < -0.3 is 0 Å². The smallest absolute Gasteiger partial charge is 0.267 e. The highest BCUT2D eigenvalue weighted by molar-refractivity contribution is 9.10. The Bertz CT molecular complexity index is 198. The van der Waals surface area contributed by atoms with Crippen molar-refractivity contribution >= 4 is 15.9 Å². The summed E-state index contributed by atoms with van der Waals surface area (Å²) in [6.45, 7) is -2.51. The van der Waals surface area contributed by atoms with Gasteiger partial charge in [-0.15, -0.1) is 0 Å². The molecule has 0 N–H and O–H groups in total. The molecule has 0 radical (unpaired) electrons. The molecule has 0 unspecified atom stereocenters. The minimum atomic E-state index is -2.51. The van der Waals surface area contributed by atoms with Gasteiger partial charge in [-0.2, -0.15) is 8.78 Å². The molecule has 2 nitrogen and oxygen atoms in total. The van der Waals surface area contributed by atoms with Gasteiger partial charge in [-0.25, -0.2) is 4.98 Å². The molecular formula is C4H3BrF2N2. The van der Waals surface area contributed by atoms with Crippen molar-refractivity contribution in [3.05, 3.63) is 17.1 Å². The first-order valence-electron chi connectivity index (χ1n) is 2.17. The molecule has 1 aromatic rings. The van der Waals surface area contributed by atoms with Gasteiger partial charge in [-0.1, -0.05) is 0 Å². The number of aromatic nitrogens is 2. The Kier molecular flexibility index (Phi) is 1.80. The first kappa shape index (κ1) is 6.67. The SMILES string of the molecule is FC(F)n1cncc1Br. The van der Waals surface area contributed by atoms with Gasteiger partial charge in [-0.05, 0) is 15.9 Å². The van der Waals surface area contributed by atoms with Crippen LogP contribution in [0.4, 0.5) is 8.78 Å². The summed E-state index contributed by atoms with van der Waals surface area (Å²) in [5.41, 5.74) is 0. The first-order valence-corrected chi connectivity index (χ1v) is 2.96. The molecular weight excluding hydrogens is 194 g/mol. The van der Waals surface area contributed by atoms with Gasteiger partial charge in [-0.3, -0.25) is 4.57 Å². The van der Waals surface area contributed by atoms with Crippen molar-refractivity contribution in [1.82, 2.24) is 9.55 Å². The molecule has 0 saturated heterocycles.